The Kier molecular flexibility index (Phi) is 12.7. The van der Waals surface area contributed by atoms with Gasteiger partial charge in [-0.1, -0.05) is 59.3 Å². The van der Waals surface area contributed by atoms with Crippen LogP contribution in [0, 0.1) is 5.41 Å². The molecule has 124 valence electrons. The highest BCUT2D eigenvalue weighted by molar-refractivity contribution is 7.80. The van der Waals surface area contributed by atoms with Crippen molar-refractivity contribution >= 4 is 10.4 Å². The molecule has 0 saturated carbocycles. The number of rotatable bonds is 12. The smallest absolute Gasteiger partial charge is 0.344 e. The second-order valence-electron chi connectivity index (χ2n) is 5.50. The summed E-state index contributed by atoms with van der Waals surface area (Å²) < 4.78 is 35.2. The summed E-state index contributed by atoms with van der Waals surface area (Å²) in [6.45, 7) is 6.52. The molecular formula is C14H33NO4S. The van der Waals surface area contributed by atoms with Crippen LogP contribution >= 0.6 is 0 Å². The molecule has 0 heterocycles. The predicted octanol–water partition coefficient (Wildman–Crippen LogP) is 4.52. The Balaban J connectivity index is 0. The lowest BCUT2D eigenvalue weighted by Gasteiger charge is -2.33. The molecule has 20 heavy (non-hydrogen) atoms. The number of hydrogen-bond acceptors (Lipinski definition) is 4. The molecule has 0 rings (SSSR count). The largest absolute Gasteiger partial charge is 0.397 e. The summed E-state index contributed by atoms with van der Waals surface area (Å²) in [7, 11) is -4.33. The van der Waals surface area contributed by atoms with Gasteiger partial charge in [0.1, 0.15) is 0 Å². The standard InChI is InChI=1S/C14H30O4S.H3N/c1-4-7-10-14(11-8-5-2,12-9-6-3)13-18-19(15,16)17;/h4-13H2,1-3H3,(H,15,16,17);1H3. The zero-order valence-corrected chi connectivity index (χ0v) is 14.2. The lowest BCUT2D eigenvalue weighted by atomic mass is 9.75. The molecule has 0 aromatic heterocycles. The van der Waals surface area contributed by atoms with E-state index in [-0.39, 0.29) is 18.2 Å². The third kappa shape index (κ3) is 10.6. The van der Waals surface area contributed by atoms with Crippen molar-refractivity contribution < 1.29 is 17.2 Å². The zero-order chi connectivity index (χ0) is 14.8. The molecule has 6 heteroatoms. The van der Waals surface area contributed by atoms with Gasteiger partial charge in [-0.05, 0) is 24.7 Å². The van der Waals surface area contributed by atoms with Crippen LogP contribution in [0.25, 0.3) is 0 Å². The minimum Gasteiger partial charge on any atom is -0.344 e. The Morgan fingerprint density at radius 3 is 1.50 bits per heavy atom. The van der Waals surface area contributed by atoms with E-state index < -0.39 is 10.4 Å². The Labute approximate surface area is 125 Å². The summed E-state index contributed by atoms with van der Waals surface area (Å²) >= 11 is 0. The van der Waals surface area contributed by atoms with Gasteiger partial charge in [0, 0.05) is 0 Å². The monoisotopic (exact) mass is 311 g/mol. The fraction of sp³-hybridized carbons (Fsp3) is 1.00. The first-order chi connectivity index (χ1) is 8.89. The molecule has 0 atom stereocenters. The molecule has 0 aliphatic rings. The van der Waals surface area contributed by atoms with E-state index in [1.165, 1.54) is 0 Å². The zero-order valence-electron chi connectivity index (χ0n) is 13.4. The van der Waals surface area contributed by atoms with Crippen LogP contribution in [0.5, 0.6) is 0 Å². The van der Waals surface area contributed by atoms with Gasteiger partial charge in [-0.15, -0.1) is 0 Å². The molecule has 0 amide bonds. The van der Waals surface area contributed by atoms with Crippen molar-refractivity contribution in [1.82, 2.24) is 6.15 Å². The van der Waals surface area contributed by atoms with Crippen LogP contribution < -0.4 is 6.15 Å². The van der Waals surface area contributed by atoms with Crippen LogP contribution in [0.1, 0.15) is 78.6 Å². The quantitative estimate of drug-likeness (QED) is 0.516. The average Bonchev–Trinajstić information content (AvgIpc) is 2.36. The number of hydrogen-bond donors (Lipinski definition) is 2. The van der Waals surface area contributed by atoms with Gasteiger partial charge in [0.25, 0.3) is 0 Å². The van der Waals surface area contributed by atoms with E-state index in [0.717, 1.165) is 57.8 Å². The van der Waals surface area contributed by atoms with E-state index in [0.29, 0.717) is 0 Å². The first-order valence-corrected chi connectivity index (χ1v) is 8.87. The molecule has 0 spiro atoms. The Morgan fingerprint density at radius 2 is 1.25 bits per heavy atom. The number of unbranched alkanes of at least 4 members (excludes halogenated alkanes) is 3. The molecule has 0 fully saturated rings. The van der Waals surface area contributed by atoms with Crippen molar-refractivity contribution in [2.24, 2.45) is 5.41 Å². The summed E-state index contributed by atoms with van der Waals surface area (Å²) in [5, 5.41) is 0. The Hall–Kier alpha value is -0.170. The molecule has 0 aliphatic heterocycles. The third-order valence-electron chi connectivity index (χ3n) is 3.70. The van der Waals surface area contributed by atoms with Crippen LogP contribution in [-0.4, -0.2) is 19.6 Å². The average molecular weight is 311 g/mol. The summed E-state index contributed by atoms with van der Waals surface area (Å²) in [6.07, 6.45) is 9.40. The maximum atomic E-state index is 10.8. The van der Waals surface area contributed by atoms with E-state index in [1.807, 2.05) is 0 Å². The second-order valence-corrected chi connectivity index (χ2v) is 6.59. The van der Waals surface area contributed by atoms with E-state index in [2.05, 4.69) is 20.8 Å². The van der Waals surface area contributed by atoms with Crippen molar-refractivity contribution in [2.45, 2.75) is 78.6 Å². The van der Waals surface area contributed by atoms with Gasteiger partial charge < -0.3 is 6.15 Å². The molecule has 0 aromatic rings. The van der Waals surface area contributed by atoms with Crippen LogP contribution in [-0.2, 0) is 14.6 Å². The highest BCUT2D eigenvalue weighted by atomic mass is 32.3. The molecule has 0 bridgehead atoms. The SMILES string of the molecule is CCCCC(CCCC)(CCCC)COS(=O)(=O)O.N. The Bertz CT molecular complexity index is 295. The first kappa shape index (κ1) is 22.1. The van der Waals surface area contributed by atoms with Crippen LogP contribution in [0.4, 0.5) is 0 Å². The lowest BCUT2D eigenvalue weighted by molar-refractivity contribution is 0.0973. The summed E-state index contributed by atoms with van der Waals surface area (Å²) in [5.41, 5.74) is -0.0994. The van der Waals surface area contributed by atoms with E-state index in [4.69, 9.17) is 8.74 Å². The highest BCUT2D eigenvalue weighted by Gasteiger charge is 2.30. The van der Waals surface area contributed by atoms with Crippen molar-refractivity contribution in [2.75, 3.05) is 6.61 Å². The summed E-state index contributed by atoms with van der Waals surface area (Å²) in [5.74, 6) is 0. The molecule has 0 aromatic carbocycles. The minimum absolute atomic E-state index is 0. The molecule has 5 nitrogen and oxygen atoms in total. The topological polar surface area (TPSA) is 98.6 Å². The van der Waals surface area contributed by atoms with Crippen molar-refractivity contribution in [3.63, 3.8) is 0 Å². The van der Waals surface area contributed by atoms with Crippen LogP contribution in [0.2, 0.25) is 0 Å². The third-order valence-corrected chi connectivity index (χ3v) is 4.11. The van der Waals surface area contributed by atoms with Crippen molar-refractivity contribution in [3.8, 4) is 0 Å². The van der Waals surface area contributed by atoms with Gasteiger partial charge >= 0.3 is 10.4 Å². The molecule has 4 N–H and O–H groups in total. The molecule has 0 aliphatic carbocycles. The van der Waals surface area contributed by atoms with Gasteiger partial charge in [-0.2, -0.15) is 8.42 Å². The fourth-order valence-corrected chi connectivity index (χ4v) is 2.85. The first-order valence-electron chi connectivity index (χ1n) is 7.51. The predicted molar refractivity (Wildman–Crippen MR) is 83.5 cm³/mol. The van der Waals surface area contributed by atoms with Gasteiger partial charge in [-0.3, -0.25) is 4.55 Å². The molecule has 0 saturated heterocycles. The molecule has 0 radical (unpaired) electrons. The van der Waals surface area contributed by atoms with E-state index >= 15 is 0 Å². The fourth-order valence-electron chi connectivity index (χ4n) is 2.45. The van der Waals surface area contributed by atoms with E-state index in [9.17, 15) is 8.42 Å². The van der Waals surface area contributed by atoms with Crippen LogP contribution in [0.3, 0.4) is 0 Å². The van der Waals surface area contributed by atoms with Gasteiger partial charge in [0.15, 0.2) is 0 Å². The maximum absolute atomic E-state index is 10.8. The van der Waals surface area contributed by atoms with Gasteiger partial charge in [-0.25, -0.2) is 4.18 Å². The second kappa shape index (κ2) is 11.5. The molecular weight excluding hydrogens is 278 g/mol. The highest BCUT2D eigenvalue weighted by Crippen LogP contribution is 2.37. The van der Waals surface area contributed by atoms with Crippen LogP contribution in [0.15, 0.2) is 0 Å². The van der Waals surface area contributed by atoms with Gasteiger partial charge in [0.2, 0.25) is 0 Å². The van der Waals surface area contributed by atoms with Gasteiger partial charge in [0.05, 0.1) is 6.61 Å². The van der Waals surface area contributed by atoms with Crippen molar-refractivity contribution in [3.05, 3.63) is 0 Å². The minimum atomic E-state index is -4.33. The Morgan fingerprint density at radius 1 is 0.900 bits per heavy atom. The summed E-state index contributed by atoms with van der Waals surface area (Å²) in [6, 6.07) is 0. The van der Waals surface area contributed by atoms with E-state index in [1.54, 1.807) is 0 Å². The molecule has 0 unspecified atom stereocenters. The normalized spacial score (nSPS) is 12.2. The van der Waals surface area contributed by atoms with Crippen molar-refractivity contribution in [1.29, 1.82) is 0 Å². The maximum Gasteiger partial charge on any atom is 0.397 e. The summed E-state index contributed by atoms with van der Waals surface area (Å²) in [4.78, 5) is 0. The lowest BCUT2D eigenvalue weighted by Crippen LogP contribution is -2.29.